The first-order chi connectivity index (χ1) is 5.22. The third-order valence-corrected chi connectivity index (χ3v) is 2.37. The van der Waals surface area contributed by atoms with Gasteiger partial charge in [0.2, 0.25) is 0 Å². The normalized spacial score (nSPS) is 9.73. The average molecular weight is 167 g/mol. The van der Waals surface area contributed by atoms with Crippen molar-refractivity contribution in [2.45, 2.75) is 20.4 Å². The molecule has 1 aromatic heterocycles. The first-order valence-corrected chi connectivity index (χ1v) is 4.47. The lowest BCUT2D eigenvalue weighted by atomic mass is 10.3. The van der Waals surface area contributed by atoms with E-state index in [0.717, 1.165) is 0 Å². The number of thiophene rings is 1. The van der Waals surface area contributed by atoms with Crippen LogP contribution in [0.4, 0.5) is 0 Å². The molecule has 1 rings (SSSR count). The van der Waals surface area contributed by atoms with Crippen LogP contribution < -0.4 is 5.73 Å². The van der Waals surface area contributed by atoms with Crippen molar-refractivity contribution in [3.05, 3.63) is 27.5 Å². The van der Waals surface area contributed by atoms with Gasteiger partial charge in [0.25, 0.3) is 0 Å². The SMILES string of the molecule is CC(C)=Cc1ccc(CN)s1. The summed E-state index contributed by atoms with van der Waals surface area (Å²) in [4.78, 5) is 2.54. The first-order valence-electron chi connectivity index (χ1n) is 3.66. The van der Waals surface area contributed by atoms with E-state index in [2.05, 4.69) is 32.1 Å². The van der Waals surface area contributed by atoms with Crippen LogP contribution in [0.2, 0.25) is 0 Å². The molecule has 0 aliphatic heterocycles. The Kier molecular flexibility index (Phi) is 2.85. The number of nitrogens with two attached hydrogens (primary N) is 1. The molecule has 0 radical (unpaired) electrons. The van der Waals surface area contributed by atoms with E-state index in [-0.39, 0.29) is 0 Å². The molecular formula is C9H13NS. The first kappa shape index (κ1) is 8.50. The molecule has 0 amide bonds. The molecule has 60 valence electrons. The van der Waals surface area contributed by atoms with Gasteiger partial charge >= 0.3 is 0 Å². The fourth-order valence-electron chi connectivity index (χ4n) is 0.866. The van der Waals surface area contributed by atoms with Gasteiger partial charge in [-0.05, 0) is 32.1 Å². The van der Waals surface area contributed by atoms with Crippen LogP contribution in [-0.4, -0.2) is 0 Å². The zero-order valence-electron chi connectivity index (χ0n) is 6.92. The van der Waals surface area contributed by atoms with Gasteiger partial charge in [0.1, 0.15) is 0 Å². The second-order valence-electron chi connectivity index (χ2n) is 2.73. The van der Waals surface area contributed by atoms with Crippen molar-refractivity contribution in [2.24, 2.45) is 5.73 Å². The van der Waals surface area contributed by atoms with E-state index < -0.39 is 0 Å². The Morgan fingerprint density at radius 1 is 1.55 bits per heavy atom. The van der Waals surface area contributed by atoms with Gasteiger partial charge in [0, 0.05) is 16.3 Å². The van der Waals surface area contributed by atoms with Crippen molar-refractivity contribution in [3.63, 3.8) is 0 Å². The Bertz CT molecular complexity index is 256. The minimum absolute atomic E-state index is 0.654. The van der Waals surface area contributed by atoms with E-state index in [0.29, 0.717) is 6.54 Å². The Morgan fingerprint density at radius 2 is 2.27 bits per heavy atom. The van der Waals surface area contributed by atoms with E-state index in [1.807, 2.05) is 0 Å². The Hall–Kier alpha value is -0.600. The van der Waals surface area contributed by atoms with Gasteiger partial charge < -0.3 is 5.73 Å². The lowest BCUT2D eigenvalue weighted by Gasteiger charge is -1.86. The third-order valence-electron chi connectivity index (χ3n) is 1.31. The number of allylic oxidation sites excluding steroid dienone is 1. The molecule has 2 heteroatoms. The summed E-state index contributed by atoms with van der Waals surface area (Å²) in [5.74, 6) is 0. The molecule has 1 nitrogen and oxygen atoms in total. The van der Waals surface area contributed by atoms with Crippen LogP contribution in [0.3, 0.4) is 0 Å². The molecule has 0 unspecified atom stereocenters. The smallest absolute Gasteiger partial charge is 0.0274 e. The fourth-order valence-corrected chi connectivity index (χ4v) is 1.82. The second-order valence-corrected chi connectivity index (χ2v) is 3.93. The molecule has 0 saturated carbocycles. The highest BCUT2D eigenvalue weighted by molar-refractivity contribution is 7.12. The van der Waals surface area contributed by atoms with Crippen molar-refractivity contribution in [2.75, 3.05) is 0 Å². The van der Waals surface area contributed by atoms with Gasteiger partial charge in [-0.3, -0.25) is 0 Å². The highest BCUT2D eigenvalue weighted by Gasteiger charge is 1.93. The molecule has 2 N–H and O–H groups in total. The molecule has 0 aliphatic carbocycles. The minimum atomic E-state index is 0.654. The quantitative estimate of drug-likeness (QED) is 0.720. The molecule has 0 spiro atoms. The predicted molar refractivity (Wildman–Crippen MR) is 51.5 cm³/mol. The maximum absolute atomic E-state index is 5.48. The summed E-state index contributed by atoms with van der Waals surface area (Å²) in [6.45, 7) is 4.85. The van der Waals surface area contributed by atoms with Gasteiger partial charge in [-0.1, -0.05) is 5.57 Å². The highest BCUT2D eigenvalue weighted by atomic mass is 32.1. The van der Waals surface area contributed by atoms with Crippen molar-refractivity contribution in [1.82, 2.24) is 0 Å². The molecule has 1 heterocycles. The maximum Gasteiger partial charge on any atom is 0.0274 e. The Morgan fingerprint density at radius 3 is 2.73 bits per heavy atom. The van der Waals surface area contributed by atoms with Crippen molar-refractivity contribution < 1.29 is 0 Å². The summed E-state index contributed by atoms with van der Waals surface area (Å²) in [7, 11) is 0. The summed E-state index contributed by atoms with van der Waals surface area (Å²) in [6.07, 6.45) is 2.17. The summed E-state index contributed by atoms with van der Waals surface area (Å²) < 4.78 is 0. The third kappa shape index (κ3) is 2.48. The number of hydrogen-bond donors (Lipinski definition) is 1. The average Bonchev–Trinajstić information content (AvgIpc) is 2.34. The van der Waals surface area contributed by atoms with Crippen LogP contribution in [0.5, 0.6) is 0 Å². The van der Waals surface area contributed by atoms with Crippen LogP contribution in [0.25, 0.3) is 6.08 Å². The van der Waals surface area contributed by atoms with Gasteiger partial charge in [-0.25, -0.2) is 0 Å². The van der Waals surface area contributed by atoms with Crippen LogP contribution in [0.15, 0.2) is 17.7 Å². The van der Waals surface area contributed by atoms with Gasteiger partial charge in [0.05, 0.1) is 0 Å². The minimum Gasteiger partial charge on any atom is -0.326 e. The standard InChI is InChI=1S/C9H13NS/c1-7(2)5-8-3-4-9(6-10)11-8/h3-5H,6,10H2,1-2H3. The molecule has 11 heavy (non-hydrogen) atoms. The van der Waals surface area contributed by atoms with Gasteiger partial charge in [-0.15, -0.1) is 11.3 Å². The van der Waals surface area contributed by atoms with Gasteiger partial charge in [-0.2, -0.15) is 0 Å². The summed E-state index contributed by atoms with van der Waals surface area (Å²) in [6, 6.07) is 4.19. The molecule has 0 atom stereocenters. The van der Waals surface area contributed by atoms with Crippen molar-refractivity contribution in [3.8, 4) is 0 Å². The van der Waals surface area contributed by atoms with E-state index >= 15 is 0 Å². The molecule has 0 aromatic carbocycles. The summed E-state index contributed by atoms with van der Waals surface area (Å²) >= 11 is 1.76. The monoisotopic (exact) mass is 167 g/mol. The van der Waals surface area contributed by atoms with Crippen LogP contribution in [-0.2, 0) is 6.54 Å². The largest absolute Gasteiger partial charge is 0.326 e. The molecule has 1 aromatic rings. The van der Waals surface area contributed by atoms with E-state index in [9.17, 15) is 0 Å². The topological polar surface area (TPSA) is 26.0 Å². The predicted octanol–water partition coefficient (Wildman–Crippen LogP) is 2.63. The van der Waals surface area contributed by atoms with Crippen LogP contribution in [0.1, 0.15) is 23.6 Å². The molecule has 0 saturated heterocycles. The Balaban J connectivity index is 2.81. The second kappa shape index (κ2) is 3.69. The molecular weight excluding hydrogens is 154 g/mol. The summed E-state index contributed by atoms with van der Waals surface area (Å²) in [5, 5.41) is 0. The highest BCUT2D eigenvalue weighted by Crippen LogP contribution is 2.18. The molecule has 0 fully saturated rings. The maximum atomic E-state index is 5.48. The Labute approximate surface area is 71.5 Å². The lowest BCUT2D eigenvalue weighted by Crippen LogP contribution is -1.90. The lowest BCUT2D eigenvalue weighted by molar-refractivity contribution is 1.11. The van der Waals surface area contributed by atoms with Crippen molar-refractivity contribution in [1.29, 1.82) is 0 Å². The molecule has 0 bridgehead atoms. The van der Waals surface area contributed by atoms with E-state index in [1.165, 1.54) is 15.3 Å². The molecule has 0 aliphatic rings. The zero-order chi connectivity index (χ0) is 8.27. The number of hydrogen-bond acceptors (Lipinski definition) is 2. The number of rotatable bonds is 2. The summed E-state index contributed by atoms with van der Waals surface area (Å²) in [5.41, 5.74) is 6.81. The van der Waals surface area contributed by atoms with Crippen molar-refractivity contribution >= 4 is 17.4 Å². The van der Waals surface area contributed by atoms with E-state index in [1.54, 1.807) is 11.3 Å². The van der Waals surface area contributed by atoms with E-state index in [4.69, 9.17) is 5.73 Å². The van der Waals surface area contributed by atoms with Crippen LogP contribution >= 0.6 is 11.3 Å². The zero-order valence-corrected chi connectivity index (χ0v) is 7.74. The van der Waals surface area contributed by atoms with Crippen LogP contribution in [0, 0.1) is 0 Å². The fraction of sp³-hybridized carbons (Fsp3) is 0.333. The van der Waals surface area contributed by atoms with Gasteiger partial charge in [0.15, 0.2) is 0 Å².